The van der Waals surface area contributed by atoms with E-state index in [0.29, 0.717) is 0 Å². The molecule has 4 N–H and O–H groups in total. The van der Waals surface area contributed by atoms with Crippen LogP contribution in [0.5, 0.6) is 0 Å². The Morgan fingerprint density at radius 3 is 0.574 bits per heavy atom. The van der Waals surface area contributed by atoms with Crippen LogP contribution in [0.25, 0.3) is 0 Å². The lowest BCUT2D eigenvalue weighted by molar-refractivity contribution is 0.577. The van der Waals surface area contributed by atoms with Crippen molar-refractivity contribution >= 4 is 7.26 Å². The van der Waals surface area contributed by atoms with Crippen LogP contribution in [-0.2, 0) is 0 Å². The van der Waals surface area contributed by atoms with Crippen molar-refractivity contribution in [3.8, 4) is 12.4 Å². The van der Waals surface area contributed by atoms with E-state index >= 15 is 0 Å². The van der Waals surface area contributed by atoms with E-state index in [4.69, 9.17) is 10.5 Å². The van der Waals surface area contributed by atoms with Crippen LogP contribution in [0, 0.1) is 22.9 Å². The second kappa shape index (κ2) is 47.1. The van der Waals surface area contributed by atoms with Gasteiger partial charge in [-0.05, 0) is 51.4 Å². The van der Waals surface area contributed by atoms with Gasteiger partial charge in [-0.2, -0.15) is 10.5 Å². The van der Waals surface area contributed by atoms with E-state index in [2.05, 4.69) is 39.2 Å². The second-order valence-electron chi connectivity index (χ2n) is 14.4. The first-order valence-corrected chi connectivity index (χ1v) is 23.6. The standard InChI is InChI=1S/C40H84P.2CH2N2/c1-5-9-13-17-21-25-29-33-37-41(38-34-30-26-22-18-14-10-6-2,39-35-31-27-23-19-15-11-7-3)40-36-32-28-24-20-16-12-8-4;2*2-1-3/h5-40H2,1-4H3;2*2H2/q+1;;. The lowest BCUT2D eigenvalue weighted by Crippen LogP contribution is -2.13. The van der Waals surface area contributed by atoms with Crippen LogP contribution in [0.4, 0.5) is 0 Å². The first-order valence-electron chi connectivity index (χ1n) is 21.1. The fraction of sp³-hybridized carbons (Fsp3) is 0.952. The van der Waals surface area contributed by atoms with E-state index < -0.39 is 7.26 Å². The van der Waals surface area contributed by atoms with E-state index in [0.717, 1.165) is 0 Å². The third-order valence-corrected chi connectivity index (χ3v) is 15.0. The van der Waals surface area contributed by atoms with Gasteiger partial charge in [-0.15, -0.1) is 0 Å². The third-order valence-electron chi connectivity index (χ3n) is 9.94. The summed E-state index contributed by atoms with van der Waals surface area (Å²) < 4.78 is 0. The molecule has 0 aromatic rings. The van der Waals surface area contributed by atoms with Gasteiger partial charge >= 0.3 is 0 Å². The molecule has 4 nitrogen and oxygen atoms in total. The van der Waals surface area contributed by atoms with Gasteiger partial charge in [0.1, 0.15) is 0 Å². The monoisotopic (exact) mass is 680 g/mol. The summed E-state index contributed by atoms with van der Waals surface area (Å²) in [5.41, 5.74) is 8.31. The van der Waals surface area contributed by atoms with Crippen molar-refractivity contribution in [2.45, 2.75) is 233 Å². The molecule has 0 aliphatic heterocycles. The Kier molecular flexibility index (Phi) is 50.5. The SMILES string of the molecule is CCCCCCCCCC[P+](CCCCCCCCCC)(CCCCCCCCCC)CCCCCCCCCC.N#CN.N#CN. The maximum atomic E-state index is 7.10. The number of unbranched alkanes of at least 4 members (excludes halogenated alkanes) is 28. The van der Waals surface area contributed by atoms with E-state index in [1.54, 1.807) is 50.3 Å². The van der Waals surface area contributed by atoms with Crippen molar-refractivity contribution in [2.75, 3.05) is 24.6 Å². The van der Waals surface area contributed by atoms with Crippen molar-refractivity contribution in [3.63, 3.8) is 0 Å². The molecular formula is C42H88N4P+. The summed E-state index contributed by atoms with van der Waals surface area (Å²) in [6, 6.07) is 0. The Labute approximate surface area is 298 Å². The van der Waals surface area contributed by atoms with Gasteiger partial charge in [-0.25, -0.2) is 0 Å². The van der Waals surface area contributed by atoms with Gasteiger partial charge in [0.2, 0.25) is 0 Å². The van der Waals surface area contributed by atoms with Crippen molar-refractivity contribution in [3.05, 3.63) is 0 Å². The van der Waals surface area contributed by atoms with Crippen molar-refractivity contribution < 1.29 is 0 Å². The largest absolute Gasteiger partial charge is 0.337 e. The number of hydrogen-bond donors (Lipinski definition) is 2. The summed E-state index contributed by atoms with van der Waals surface area (Å²) >= 11 is 0. The summed E-state index contributed by atoms with van der Waals surface area (Å²) in [4.78, 5) is 0. The second-order valence-corrected chi connectivity index (χ2v) is 18.9. The molecule has 0 rings (SSSR count). The molecule has 0 unspecified atom stereocenters. The lowest BCUT2D eigenvalue weighted by atomic mass is 10.1. The number of nitriles is 2. The normalized spacial score (nSPS) is 10.8. The van der Waals surface area contributed by atoms with Gasteiger partial charge in [-0.1, -0.05) is 182 Å². The minimum Gasteiger partial charge on any atom is -0.337 e. The van der Waals surface area contributed by atoms with Crippen LogP contribution in [0.2, 0.25) is 0 Å². The quantitative estimate of drug-likeness (QED) is 0.0298. The predicted octanol–water partition coefficient (Wildman–Crippen LogP) is 14.4. The first-order chi connectivity index (χ1) is 23.1. The van der Waals surface area contributed by atoms with Gasteiger partial charge in [0.15, 0.2) is 12.4 Å². The summed E-state index contributed by atoms with van der Waals surface area (Å²) in [6.07, 6.45) is 56.7. The van der Waals surface area contributed by atoms with E-state index in [1.165, 1.54) is 192 Å². The van der Waals surface area contributed by atoms with Crippen LogP contribution >= 0.6 is 7.26 Å². The number of nitrogens with two attached hydrogens (primary N) is 2. The predicted molar refractivity (Wildman–Crippen MR) is 216 cm³/mol. The maximum absolute atomic E-state index is 7.10. The minimum absolute atomic E-state index is 0.761. The lowest BCUT2D eigenvalue weighted by Gasteiger charge is -2.28. The van der Waals surface area contributed by atoms with Crippen LogP contribution in [-0.4, -0.2) is 24.6 Å². The van der Waals surface area contributed by atoms with Gasteiger partial charge in [-0.3, -0.25) is 0 Å². The van der Waals surface area contributed by atoms with Crippen LogP contribution in [0.15, 0.2) is 0 Å². The molecule has 0 aromatic heterocycles. The van der Waals surface area contributed by atoms with Crippen molar-refractivity contribution in [1.29, 1.82) is 10.5 Å². The number of nitrogens with zero attached hydrogens (tertiary/aromatic N) is 2. The average molecular weight is 680 g/mol. The van der Waals surface area contributed by atoms with Gasteiger partial charge < -0.3 is 11.5 Å². The van der Waals surface area contributed by atoms with E-state index in [9.17, 15) is 0 Å². The molecule has 0 saturated carbocycles. The molecule has 0 spiro atoms. The Balaban J connectivity index is -0.00000297. The Morgan fingerprint density at radius 1 is 0.298 bits per heavy atom. The van der Waals surface area contributed by atoms with Gasteiger partial charge in [0.05, 0.1) is 24.6 Å². The van der Waals surface area contributed by atoms with E-state index in [1.807, 2.05) is 0 Å². The molecule has 0 bridgehead atoms. The molecule has 0 radical (unpaired) electrons. The first kappa shape index (κ1) is 50.4. The Hall–Kier alpha value is -0.990. The topological polar surface area (TPSA) is 99.6 Å². The minimum atomic E-state index is -0.761. The molecule has 0 amide bonds. The smallest absolute Gasteiger partial charge is 0.173 e. The molecular weight excluding hydrogens is 591 g/mol. The van der Waals surface area contributed by atoms with Gasteiger partial charge in [0, 0.05) is 7.26 Å². The highest BCUT2D eigenvalue weighted by Crippen LogP contribution is 2.61. The molecule has 0 aromatic carbocycles. The molecule has 0 heterocycles. The Morgan fingerprint density at radius 2 is 0.426 bits per heavy atom. The van der Waals surface area contributed by atoms with Crippen LogP contribution < -0.4 is 11.5 Å². The molecule has 0 aliphatic rings. The van der Waals surface area contributed by atoms with Gasteiger partial charge in [0.25, 0.3) is 0 Å². The molecule has 0 saturated heterocycles. The third kappa shape index (κ3) is 45.0. The highest BCUT2D eigenvalue weighted by Gasteiger charge is 2.35. The maximum Gasteiger partial charge on any atom is 0.173 e. The summed E-state index contributed by atoms with van der Waals surface area (Å²) in [5, 5.41) is 14.2. The van der Waals surface area contributed by atoms with Crippen LogP contribution in [0.3, 0.4) is 0 Å². The van der Waals surface area contributed by atoms with Crippen molar-refractivity contribution in [1.82, 2.24) is 0 Å². The summed E-state index contributed by atoms with van der Waals surface area (Å²) in [5.74, 6) is 0. The van der Waals surface area contributed by atoms with E-state index in [-0.39, 0.29) is 0 Å². The zero-order valence-electron chi connectivity index (χ0n) is 33.0. The summed E-state index contributed by atoms with van der Waals surface area (Å²) in [6.45, 7) is 9.37. The highest BCUT2D eigenvalue weighted by molar-refractivity contribution is 7.75. The Bertz CT molecular complexity index is 530. The zero-order chi connectivity index (χ0) is 35.4. The molecule has 5 heteroatoms. The molecule has 47 heavy (non-hydrogen) atoms. The molecule has 0 fully saturated rings. The fourth-order valence-corrected chi connectivity index (χ4v) is 11.9. The summed E-state index contributed by atoms with van der Waals surface area (Å²) in [7, 11) is -0.761. The molecule has 280 valence electrons. The number of hydrogen-bond acceptors (Lipinski definition) is 4. The van der Waals surface area contributed by atoms with Crippen molar-refractivity contribution in [2.24, 2.45) is 11.5 Å². The zero-order valence-corrected chi connectivity index (χ0v) is 33.8. The highest BCUT2D eigenvalue weighted by atomic mass is 31.2. The molecule has 0 atom stereocenters. The fourth-order valence-electron chi connectivity index (χ4n) is 7.00. The van der Waals surface area contributed by atoms with Crippen LogP contribution in [0.1, 0.15) is 233 Å². The average Bonchev–Trinajstić information content (AvgIpc) is 3.06. The molecule has 0 aliphatic carbocycles. The number of rotatable bonds is 36.